The van der Waals surface area contributed by atoms with Crippen LogP contribution in [0.1, 0.15) is 11.3 Å². The Morgan fingerprint density at radius 2 is 2.08 bits per heavy atom. The highest BCUT2D eigenvalue weighted by molar-refractivity contribution is 6.17. The van der Waals surface area contributed by atoms with E-state index < -0.39 is 11.9 Å². The SMILES string of the molecule is FC(F)(F)c1ncncc1CCl. The van der Waals surface area contributed by atoms with Crippen molar-refractivity contribution in [2.24, 2.45) is 0 Å². The second-order valence-corrected chi connectivity index (χ2v) is 2.30. The van der Waals surface area contributed by atoms with Gasteiger partial charge in [-0.15, -0.1) is 11.6 Å². The zero-order valence-electron chi connectivity index (χ0n) is 5.77. The lowest BCUT2D eigenvalue weighted by atomic mass is 10.2. The molecule has 1 aromatic rings. The first-order valence-electron chi connectivity index (χ1n) is 2.97. The van der Waals surface area contributed by atoms with Crippen LogP contribution in [0, 0.1) is 0 Å². The van der Waals surface area contributed by atoms with Gasteiger partial charge >= 0.3 is 6.18 Å². The predicted molar refractivity (Wildman–Crippen MR) is 36.6 cm³/mol. The van der Waals surface area contributed by atoms with Crippen LogP contribution in [0.15, 0.2) is 12.5 Å². The molecule has 0 spiro atoms. The van der Waals surface area contributed by atoms with Crippen LogP contribution < -0.4 is 0 Å². The van der Waals surface area contributed by atoms with Crippen molar-refractivity contribution < 1.29 is 13.2 Å². The molecule has 0 aliphatic carbocycles. The molecule has 12 heavy (non-hydrogen) atoms. The largest absolute Gasteiger partial charge is 0.433 e. The summed E-state index contributed by atoms with van der Waals surface area (Å²) >= 11 is 5.26. The van der Waals surface area contributed by atoms with Crippen LogP contribution in [0.4, 0.5) is 13.2 Å². The van der Waals surface area contributed by atoms with E-state index in [-0.39, 0.29) is 11.4 Å². The van der Waals surface area contributed by atoms with Crippen LogP contribution in [-0.4, -0.2) is 9.97 Å². The number of hydrogen-bond acceptors (Lipinski definition) is 2. The van der Waals surface area contributed by atoms with Crippen LogP contribution in [0.3, 0.4) is 0 Å². The fraction of sp³-hybridized carbons (Fsp3) is 0.333. The molecule has 1 heterocycles. The van der Waals surface area contributed by atoms with Gasteiger partial charge in [0.05, 0.1) is 5.88 Å². The van der Waals surface area contributed by atoms with Crippen molar-refractivity contribution in [3.05, 3.63) is 23.8 Å². The van der Waals surface area contributed by atoms with E-state index in [1.54, 1.807) is 0 Å². The van der Waals surface area contributed by atoms with Crippen LogP contribution >= 0.6 is 11.6 Å². The minimum absolute atomic E-state index is 0.105. The highest BCUT2D eigenvalue weighted by atomic mass is 35.5. The highest BCUT2D eigenvalue weighted by Crippen LogP contribution is 2.30. The molecule has 0 unspecified atom stereocenters. The van der Waals surface area contributed by atoms with E-state index in [0.717, 1.165) is 12.5 Å². The second kappa shape index (κ2) is 3.26. The first-order chi connectivity index (χ1) is 5.55. The minimum Gasteiger partial charge on any atom is -0.244 e. The standard InChI is InChI=1S/C6H4ClF3N2/c7-1-4-2-11-3-12-5(4)6(8,9)10/h2-3H,1H2. The minimum atomic E-state index is -4.45. The number of hydrogen-bond donors (Lipinski definition) is 0. The third-order valence-corrected chi connectivity index (χ3v) is 1.49. The van der Waals surface area contributed by atoms with E-state index >= 15 is 0 Å². The zero-order valence-corrected chi connectivity index (χ0v) is 6.52. The van der Waals surface area contributed by atoms with Crippen molar-refractivity contribution in [3.63, 3.8) is 0 Å². The van der Waals surface area contributed by atoms with Crippen LogP contribution in [-0.2, 0) is 12.1 Å². The molecule has 2 nitrogen and oxygen atoms in total. The molecule has 0 N–H and O–H groups in total. The molecule has 6 heteroatoms. The van der Waals surface area contributed by atoms with Gasteiger partial charge in [0, 0.05) is 11.8 Å². The first kappa shape index (κ1) is 9.25. The molecule has 1 rings (SSSR count). The van der Waals surface area contributed by atoms with Crippen LogP contribution in [0.5, 0.6) is 0 Å². The Hall–Kier alpha value is -0.840. The Balaban J connectivity index is 3.14. The fourth-order valence-corrected chi connectivity index (χ4v) is 0.907. The third-order valence-electron chi connectivity index (χ3n) is 1.20. The number of aromatic nitrogens is 2. The van der Waals surface area contributed by atoms with Gasteiger partial charge in [0.25, 0.3) is 0 Å². The summed E-state index contributed by atoms with van der Waals surface area (Å²) in [6, 6.07) is 0. The predicted octanol–water partition coefficient (Wildman–Crippen LogP) is 2.23. The summed E-state index contributed by atoms with van der Waals surface area (Å²) in [6.07, 6.45) is -2.55. The summed E-state index contributed by atoms with van der Waals surface area (Å²) in [6.45, 7) is 0. The summed E-state index contributed by atoms with van der Waals surface area (Å²) in [4.78, 5) is 6.53. The lowest BCUT2D eigenvalue weighted by molar-refractivity contribution is -0.141. The second-order valence-electron chi connectivity index (χ2n) is 2.03. The lowest BCUT2D eigenvalue weighted by Gasteiger charge is -2.07. The number of nitrogens with zero attached hydrogens (tertiary/aromatic N) is 2. The van der Waals surface area contributed by atoms with Gasteiger partial charge in [-0.3, -0.25) is 0 Å². The Morgan fingerprint density at radius 3 is 2.50 bits per heavy atom. The van der Waals surface area contributed by atoms with Crippen LogP contribution in [0.25, 0.3) is 0 Å². The number of rotatable bonds is 1. The number of halogens is 4. The van der Waals surface area contributed by atoms with Gasteiger partial charge in [0.2, 0.25) is 0 Å². The maximum absolute atomic E-state index is 12.1. The van der Waals surface area contributed by atoms with Crippen molar-refractivity contribution in [1.82, 2.24) is 9.97 Å². The average molecular weight is 197 g/mol. The Labute approximate surface area is 71.4 Å². The van der Waals surface area contributed by atoms with E-state index in [0.29, 0.717) is 0 Å². The van der Waals surface area contributed by atoms with Crippen LogP contribution in [0.2, 0.25) is 0 Å². The van der Waals surface area contributed by atoms with Gasteiger partial charge in [0.1, 0.15) is 6.33 Å². The van der Waals surface area contributed by atoms with Crippen molar-refractivity contribution in [2.75, 3.05) is 0 Å². The fourth-order valence-electron chi connectivity index (χ4n) is 0.711. The van der Waals surface area contributed by atoms with Gasteiger partial charge in [-0.2, -0.15) is 13.2 Å². The molecule has 0 aliphatic heterocycles. The first-order valence-corrected chi connectivity index (χ1v) is 3.51. The van der Waals surface area contributed by atoms with Crippen molar-refractivity contribution >= 4 is 11.6 Å². The summed E-state index contributed by atoms with van der Waals surface area (Å²) in [5.74, 6) is -0.240. The molecule has 1 aromatic heterocycles. The maximum Gasteiger partial charge on any atom is 0.433 e. The van der Waals surface area contributed by atoms with Crippen molar-refractivity contribution in [3.8, 4) is 0 Å². The van der Waals surface area contributed by atoms with Gasteiger partial charge in [0.15, 0.2) is 5.69 Å². The molecule has 0 amide bonds. The Morgan fingerprint density at radius 1 is 1.42 bits per heavy atom. The van der Waals surface area contributed by atoms with E-state index in [4.69, 9.17) is 11.6 Å². The van der Waals surface area contributed by atoms with Gasteiger partial charge in [-0.25, -0.2) is 9.97 Å². The van der Waals surface area contributed by atoms with E-state index in [1.807, 2.05) is 0 Å². The topological polar surface area (TPSA) is 25.8 Å². The number of alkyl halides is 4. The molecular formula is C6H4ClF3N2. The molecule has 0 saturated heterocycles. The third kappa shape index (κ3) is 1.85. The normalized spacial score (nSPS) is 11.7. The average Bonchev–Trinajstić information content (AvgIpc) is 2.03. The van der Waals surface area contributed by atoms with E-state index in [2.05, 4.69) is 9.97 Å². The molecule has 0 aromatic carbocycles. The van der Waals surface area contributed by atoms with E-state index in [9.17, 15) is 13.2 Å². The summed E-state index contributed by atoms with van der Waals surface area (Å²) in [5.41, 5.74) is -1.07. The van der Waals surface area contributed by atoms with Crippen molar-refractivity contribution in [2.45, 2.75) is 12.1 Å². The lowest BCUT2D eigenvalue weighted by Crippen LogP contribution is -2.11. The van der Waals surface area contributed by atoms with Gasteiger partial charge in [-0.05, 0) is 0 Å². The molecule has 0 aliphatic rings. The van der Waals surface area contributed by atoms with Crippen molar-refractivity contribution in [1.29, 1.82) is 0 Å². The molecule has 0 bridgehead atoms. The smallest absolute Gasteiger partial charge is 0.244 e. The summed E-state index contributed by atoms with van der Waals surface area (Å²) < 4.78 is 36.3. The summed E-state index contributed by atoms with van der Waals surface area (Å²) in [7, 11) is 0. The molecule has 0 atom stereocenters. The molecule has 0 fully saturated rings. The zero-order chi connectivity index (χ0) is 9.19. The molecular weight excluding hydrogens is 193 g/mol. The molecule has 0 saturated carbocycles. The maximum atomic E-state index is 12.1. The molecule has 0 radical (unpaired) electrons. The Bertz CT molecular complexity index is 274. The van der Waals surface area contributed by atoms with Gasteiger partial charge in [-0.1, -0.05) is 0 Å². The van der Waals surface area contributed by atoms with Gasteiger partial charge < -0.3 is 0 Å². The highest BCUT2D eigenvalue weighted by Gasteiger charge is 2.34. The molecule has 66 valence electrons. The monoisotopic (exact) mass is 196 g/mol. The quantitative estimate of drug-likeness (QED) is 0.644. The Kier molecular flexibility index (Phi) is 2.52. The van der Waals surface area contributed by atoms with E-state index in [1.165, 1.54) is 0 Å². The summed E-state index contributed by atoms with van der Waals surface area (Å²) in [5, 5.41) is 0.